The monoisotopic (exact) mass is 292 g/mol. The molecule has 1 atom stereocenters. The van der Waals surface area contributed by atoms with Gasteiger partial charge in [-0.2, -0.15) is 0 Å². The van der Waals surface area contributed by atoms with Crippen LogP contribution in [0.3, 0.4) is 0 Å². The van der Waals surface area contributed by atoms with E-state index in [1.807, 2.05) is 13.0 Å². The van der Waals surface area contributed by atoms with Gasteiger partial charge in [0, 0.05) is 24.8 Å². The van der Waals surface area contributed by atoms with Crippen LogP contribution in [0.5, 0.6) is 0 Å². The number of benzene rings is 1. The Morgan fingerprint density at radius 3 is 3.00 bits per heavy atom. The maximum atomic E-state index is 12.1. The van der Waals surface area contributed by atoms with E-state index in [1.165, 1.54) is 0 Å². The molecular formula is C16H24N2O3. The van der Waals surface area contributed by atoms with Crippen LogP contribution in [0.25, 0.3) is 0 Å². The number of hydrogen-bond acceptors (Lipinski definition) is 5. The Balaban J connectivity index is 1.90. The zero-order valence-corrected chi connectivity index (χ0v) is 13.0. The molecule has 0 bridgehead atoms. The fourth-order valence-corrected chi connectivity index (χ4v) is 2.42. The predicted molar refractivity (Wildman–Crippen MR) is 82.3 cm³/mol. The standard InChI is InChI=1S/C16H24N2O3/c1-11(2)18-6-7-20-14(9-18)10-21-16(19)15-8-13(17)5-4-12(15)3/h4-5,8,11,14H,6-7,9-10,17H2,1-3H3. The second-order valence-electron chi connectivity index (χ2n) is 5.75. The van der Waals surface area contributed by atoms with Crippen LogP contribution < -0.4 is 5.73 Å². The highest BCUT2D eigenvalue weighted by Gasteiger charge is 2.23. The zero-order chi connectivity index (χ0) is 15.4. The number of ether oxygens (including phenoxy) is 2. The first kappa shape index (κ1) is 15.8. The number of nitrogens with two attached hydrogens (primary N) is 1. The maximum absolute atomic E-state index is 12.1. The van der Waals surface area contributed by atoms with E-state index in [2.05, 4.69) is 18.7 Å². The maximum Gasteiger partial charge on any atom is 0.338 e. The second-order valence-corrected chi connectivity index (χ2v) is 5.75. The molecule has 5 heteroatoms. The number of carbonyl (C=O) groups is 1. The third-order valence-electron chi connectivity index (χ3n) is 3.78. The molecule has 1 aromatic rings. The number of anilines is 1. The summed E-state index contributed by atoms with van der Waals surface area (Å²) in [6.07, 6.45) is -0.0635. The van der Waals surface area contributed by atoms with Crippen LogP contribution in [-0.2, 0) is 9.47 Å². The Labute approximate surface area is 126 Å². The Morgan fingerprint density at radius 2 is 2.29 bits per heavy atom. The van der Waals surface area contributed by atoms with Gasteiger partial charge in [0.15, 0.2) is 0 Å². The van der Waals surface area contributed by atoms with Gasteiger partial charge in [-0.15, -0.1) is 0 Å². The molecule has 0 spiro atoms. The normalized spacial score (nSPS) is 19.7. The van der Waals surface area contributed by atoms with Crippen molar-refractivity contribution in [3.05, 3.63) is 29.3 Å². The van der Waals surface area contributed by atoms with E-state index in [4.69, 9.17) is 15.2 Å². The molecule has 1 aliphatic rings. The summed E-state index contributed by atoms with van der Waals surface area (Å²) in [6.45, 7) is 8.86. The molecular weight excluding hydrogens is 268 g/mol. The molecule has 1 aromatic carbocycles. The summed E-state index contributed by atoms with van der Waals surface area (Å²) < 4.78 is 11.0. The SMILES string of the molecule is Cc1ccc(N)cc1C(=O)OCC1CN(C(C)C)CCO1. The molecule has 2 rings (SSSR count). The van der Waals surface area contributed by atoms with E-state index >= 15 is 0 Å². The van der Waals surface area contributed by atoms with E-state index in [-0.39, 0.29) is 18.7 Å². The smallest absolute Gasteiger partial charge is 0.338 e. The quantitative estimate of drug-likeness (QED) is 0.677. The number of aryl methyl sites for hydroxylation is 1. The molecule has 0 aliphatic carbocycles. The third-order valence-corrected chi connectivity index (χ3v) is 3.78. The summed E-state index contributed by atoms with van der Waals surface area (Å²) in [6, 6.07) is 5.73. The minimum atomic E-state index is -0.343. The van der Waals surface area contributed by atoms with Gasteiger partial charge in [-0.1, -0.05) is 6.07 Å². The van der Waals surface area contributed by atoms with E-state index in [0.717, 1.165) is 18.7 Å². The van der Waals surface area contributed by atoms with Gasteiger partial charge in [-0.25, -0.2) is 4.79 Å². The summed E-state index contributed by atoms with van der Waals surface area (Å²) in [5.41, 5.74) is 7.66. The Morgan fingerprint density at radius 1 is 1.52 bits per heavy atom. The molecule has 0 saturated carbocycles. The number of morpholine rings is 1. The van der Waals surface area contributed by atoms with Crippen LogP contribution >= 0.6 is 0 Å². The van der Waals surface area contributed by atoms with Crippen molar-refractivity contribution in [2.75, 3.05) is 32.0 Å². The number of nitrogens with zero attached hydrogens (tertiary/aromatic N) is 1. The van der Waals surface area contributed by atoms with Crippen molar-refractivity contribution in [1.29, 1.82) is 0 Å². The minimum Gasteiger partial charge on any atom is -0.459 e. The van der Waals surface area contributed by atoms with E-state index in [1.54, 1.807) is 12.1 Å². The molecule has 0 aromatic heterocycles. The van der Waals surface area contributed by atoms with Crippen molar-refractivity contribution < 1.29 is 14.3 Å². The molecule has 2 N–H and O–H groups in total. The molecule has 0 radical (unpaired) electrons. The fraction of sp³-hybridized carbons (Fsp3) is 0.562. The van der Waals surface area contributed by atoms with Crippen LogP contribution in [-0.4, -0.2) is 49.3 Å². The van der Waals surface area contributed by atoms with Crippen LogP contribution in [0.4, 0.5) is 5.69 Å². The van der Waals surface area contributed by atoms with E-state index in [0.29, 0.717) is 23.9 Å². The molecule has 1 saturated heterocycles. The van der Waals surface area contributed by atoms with Gasteiger partial charge in [-0.3, -0.25) is 4.90 Å². The zero-order valence-electron chi connectivity index (χ0n) is 13.0. The van der Waals surface area contributed by atoms with Crippen molar-refractivity contribution in [3.8, 4) is 0 Å². The summed E-state index contributed by atoms with van der Waals surface area (Å²) in [7, 11) is 0. The van der Waals surface area contributed by atoms with Gasteiger partial charge in [0.1, 0.15) is 12.7 Å². The van der Waals surface area contributed by atoms with Gasteiger partial charge < -0.3 is 15.2 Å². The summed E-state index contributed by atoms with van der Waals surface area (Å²) in [5, 5.41) is 0. The average Bonchev–Trinajstić information content (AvgIpc) is 2.47. The lowest BCUT2D eigenvalue weighted by Gasteiger charge is -2.35. The first-order valence-electron chi connectivity index (χ1n) is 7.36. The van der Waals surface area contributed by atoms with Crippen LogP contribution in [0.1, 0.15) is 29.8 Å². The van der Waals surface area contributed by atoms with Crippen molar-refractivity contribution in [2.24, 2.45) is 0 Å². The van der Waals surface area contributed by atoms with Gasteiger partial charge in [0.2, 0.25) is 0 Å². The number of carbonyl (C=O) groups excluding carboxylic acids is 1. The highest BCUT2D eigenvalue weighted by Crippen LogP contribution is 2.15. The Kier molecular flexibility index (Phi) is 5.20. The Hall–Kier alpha value is -1.59. The van der Waals surface area contributed by atoms with Crippen LogP contribution in [0.2, 0.25) is 0 Å². The number of esters is 1. The molecule has 21 heavy (non-hydrogen) atoms. The topological polar surface area (TPSA) is 64.8 Å². The first-order valence-corrected chi connectivity index (χ1v) is 7.36. The molecule has 1 aliphatic heterocycles. The highest BCUT2D eigenvalue weighted by atomic mass is 16.6. The highest BCUT2D eigenvalue weighted by molar-refractivity contribution is 5.92. The molecule has 0 amide bonds. The third kappa shape index (κ3) is 4.19. The largest absolute Gasteiger partial charge is 0.459 e. The average molecular weight is 292 g/mol. The minimum absolute atomic E-state index is 0.0635. The van der Waals surface area contributed by atoms with Crippen molar-refractivity contribution in [2.45, 2.75) is 32.9 Å². The van der Waals surface area contributed by atoms with Crippen molar-refractivity contribution >= 4 is 11.7 Å². The molecule has 1 unspecified atom stereocenters. The molecule has 116 valence electrons. The summed E-state index contributed by atoms with van der Waals surface area (Å²) in [4.78, 5) is 14.5. The first-order chi connectivity index (χ1) is 9.97. The molecule has 1 heterocycles. The lowest BCUT2D eigenvalue weighted by Crippen LogP contribution is -2.47. The van der Waals surface area contributed by atoms with Gasteiger partial charge in [0.25, 0.3) is 0 Å². The number of nitrogen functional groups attached to an aromatic ring is 1. The Bertz CT molecular complexity index is 502. The summed E-state index contributed by atoms with van der Waals surface area (Å²) in [5.74, 6) is -0.343. The van der Waals surface area contributed by atoms with E-state index in [9.17, 15) is 4.79 Å². The van der Waals surface area contributed by atoms with Gasteiger partial charge >= 0.3 is 5.97 Å². The molecule has 5 nitrogen and oxygen atoms in total. The molecule has 1 fully saturated rings. The van der Waals surface area contributed by atoms with Crippen LogP contribution in [0, 0.1) is 6.92 Å². The van der Waals surface area contributed by atoms with Gasteiger partial charge in [-0.05, 0) is 38.5 Å². The lowest BCUT2D eigenvalue weighted by molar-refractivity contribution is -0.0662. The van der Waals surface area contributed by atoms with E-state index < -0.39 is 0 Å². The fourth-order valence-electron chi connectivity index (χ4n) is 2.42. The lowest BCUT2D eigenvalue weighted by atomic mass is 10.1. The van der Waals surface area contributed by atoms with Crippen molar-refractivity contribution in [3.63, 3.8) is 0 Å². The number of hydrogen-bond donors (Lipinski definition) is 1. The second kappa shape index (κ2) is 6.91. The van der Waals surface area contributed by atoms with Gasteiger partial charge in [0.05, 0.1) is 12.2 Å². The predicted octanol–water partition coefficient (Wildman–Crippen LogP) is 1.84. The number of rotatable bonds is 4. The van der Waals surface area contributed by atoms with Crippen molar-refractivity contribution in [1.82, 2.24) is 4.90 Å². The van der Waals surface area contributed by atoms with Crippen LogP contribution in [0.15, 0.2) is 18.2 Å². The summed E-state index contributed by atoms with van der Waals surface area (Å²) >= 11 is 0.